The number of hydrogen-bond acceptors (Lipinski definition) is 6. The van der Waals surface area contributed by atoms with Gasteiger partial charge in [-0.3, -0.25) is 9.59 Å². The van der Waals surface area contributed by atoms with Crippen LogP contribution in [0.1, 0.15) is 27.8 Å². The van der Waals surface area contributed by atoms with Gasteiger partial charge in [-0.15, -0.1) is 0 Å². The van der Waals surface area contributed by atoms with E-state index in [1.807, 2.05) is 11.0 Å². The first kappa shape index (κ1) is 19.3. The lowest BCUT2D eigenvalue weighted by molar-refractivity contribution is -0.129. The molecule has 1 saturated heterocycles. The van der Waals surface area contributed by atoms with Crippen LogP contribution in [0.25, 0.3) is 0 Å². The van der Waals surface area contributed by atoms with Crippen molar-refractivity contribution in [3.8, 4) is 0 Å². The number of nitrogens with one attached hydrogen (secondary N) is 1. The molecule has 1 aromatic carbocycles. The summed E-state index contributed by atoms with van der Waals surface area (Å²) in [6.07, 6.45) is 1.64. The molecular weight excluding hydrogens is 360 g/mol. The molecule has 28 heavy (non-hydrogen) atoms. The number of ether oxygens (including phenoxy) is 1. The molecule has 0 aliphatic carbocycles. The summed E-state index contributed by atoms with van der Waals surface area (Å²) in [5, 5.41) is 2.70. The van der Waals surface area contributed by atoms with Crippen LogP contribution >= 0.6 is 0 Å². The highest BCUT2D eigenvalue weighted by atomic mass is 16.5. The van der Waals surface area contributed by atoms with Crippen molar-refractivity contribution in [2.24, 2.45) is 0 Å². The molecule has 2 amide bonds. The number of carbonyl (C=O) groups excluding carboxylic acids is 3. The summed E-state index contributed by atoms with van der Waals surface area (Å²) in [5.41, 5.74) is 1.78. The van der Waals surface area contributed by atoms with Gasteiger partial charge in [-0.2, -0.15) is 0 Å². The lowest BCUT2D eigenvalue weighted by atomic mass is 10.1. The summed E-state index contributed by atoms with van der Waals surface area (Å²) in [6, 6.07) is 10.1. The maximum atomic E-state index is 12.5. The third-order valence-corrected chi connectivity index (χ3v) is 4.65. The molecule has 0 spiro atoms. The molecule has 1 fully saturated rings. The zero-order valence-electron chi connectivity index (χ0n) is 15.8. The molecule has 1 N–H and O–H groups in total. The van der Waals surface area contributed by atoms with E-state index < -0.39 is 11.9 Å². The maximum absolute atomic E-state index is 12.5. The van der Waals surface area contributed by atoms with Crippen molar-refractivity contribution in [3.05, 3.63) is 53.9 Å². The van der Waals surface area contributed by atoms with Crippen LogP contribution < -0.4 is 10.2 Å². The van der Waals surface area contributed by atoms with Gasteiger partial charge in [0.15, 0.2) is 0 Å². The number of pyridine rings is 1. The minimum atomic E-state index is -0.524. The van der Waals surface area contributed by atoms with Crippen molar-refractivity contribution >= 4 is 29.2 Å². The lowest BCUT2D eigenvalue weighted by Crippen LogP contribution is -2.48. The van der Waals surface area contributed by atoms with Gasteiger partial charge in [0, 0.05) is 33.1 Å². The van der Waals surface area contributed by atoms with Crippen LogP contribution in [0.15, 0.2) is 42.6 Å². The molecule has 8 nitrogen and oxygen atoms in total. The van der Waals surface area contributed by atoms with E-state index in [1.54, 1.807) is 43.5 Å². The van der Waals surface area contributed by atoms with Gasteiger partial charge in [0.05, 0.1) is 30.2 Å². The number of hydrogen-bond donors (Lipinski definition) is 1. The fraction of sp³-hybridized carbons (Fsp3) is 0.300. The van der Waals surface area contributed by atoms with Gasteiger partial charge < -0.3 is 19.9 Å². The fourth-order valence-corrected chi connectivity index (χ4v) is 3.05. The predicted octanol–water partition coefficient (Wildman–Crippen LogP) is 1.79. The smallest absolute Gasteiger partial charge is 0.339 e. The van der Waals surface area contributed by atoms with Crippen molar-refractivity contribution < 1.29 is 19.1 Å². The molecular formula is C20H22N4O4. The monoisotopic (exact) mass is 382 g/mol. The highest BCUT2D eigenvalue weighted by Crippen LogP contribution is 2.19. The third kappa shape index (κ3) is 4.28. The minimum absolute atomic E-state index is 0.0806. The molecule has 0 atom stereocenters. The summed E-state index contributed by atoms with van der Waals surface area (Å²) >= 11 is 0. The Morgan fingerprint density at radius 2 is 1.75 bits per heavy atom. The van der Waals surface area contributed by atoms with Crippen molar-refractivity contribution in [3.63, 3.8) is 0 Å². The van der Waals surface area contributed by atoms with Crippen LogP contribution in [-0.2, 0) is 9.53 Å². The van der Waals surface area contributed by atoms with Crippen LogP contribution in [0.2, 0.25) is 0 Å². The molecule has 0 bridgehead atoms. The molecule has 1 aliphatic heterocycles. The van der Waals surface area contributed by atoms with E-state index in [9.17, 15) is 14.4 Å². The van der Waals surface area contributed by atoms with Gasteiger partial charge in [-0.05, 0) is 24.3 Å². The van der Waals surface area contributed by atoms with Gasteiger partial charge in [-0.25, -0.2) is 9.78 Å². The first-order chi connectivity index (χ1) is 13.5. The Morgan fingerprint density at radius 1 is 1.04 bits per heavy atom. The standard InChI is InChI=1S/C20H22N4O4/c1-14(25)23-9-11-24(12-10-23)15-7-8-18(21-13-15)19(26)22-17-6-4-3-5-16(17)20(27)28-2/h3-8,13H,9-12H2,1-2H3,(H,22,26). The largest absolute Gasteiger partial charge is 0.465 e. The Balaban J connectivity index is 1.67. The Kier molecular flexibility index (Phi) is 5.88. The lowest BCUT2D eigenvalue weighted by Gasteiger charge is -2.35. The quantitative estimate of drug-likeness (QED) is 0.811. The Labute approximate surface area is 163 Å². The van der Waals surface area contributed by atoms with Crippen molar-refractivity contribution in [2.75, 3.05) is 43.5 Å². The SMILES string of the molecule is COC(=O)c1ccccc1NC(=O)c1ccc(N2CCN(C(C)=O)CC2)cn1. The molecule has 0 unspecified atom stereocenters. The molecule has 8 heteroatoms. The van der Waals surface area contributed by atoms with E-state index in [0.29, 0.717) is 18.8 Å². The number of piperazine rings is 1. The number of anilines is 2. The molecule has 3 rings (SSSR count). The maximum Gasteiger partial charge on any atom is 0.339 e. The summed E-state index contributed by atoms with van der Waals surface area (Å²) in [4.78, 5) is 43.9. The fourth-order valence-electron chi connectivity index (χ4n) is 3.05. The van der Waals surface area contributed by atoms with E-state index in [2.05, 4.69) is 15.2 Å². The van der Waals surface area contributed by atoms with Gasteiger partial charge in [0.2, 0.25) is 5.91 Å². The molecule has 0 radical (unpaired) electrons. The van der Waals surface area contributed by atoms with Gasteiger partial charge >= 0.3 is 5.97 Å². The van der Waals surface area contributed by atoms with Crippen LogP contribution in [0, 0.1) is 0 Å². The van der Waals surface area contributed by atoms with Crippen LogP contribution in [0.5, 0.6) is 0 Å². The molecule has 0 saturated carbocycles. The Bertz CT molecular complexity index is 874. The molecule has 2 heterocycles. The van der Waals surface area contributed by atoms with Crippen LogP contribution in [-0.4, -0.2) is 61.0 Å². The van der Waals surface area contributed by atoms with Crippen molar-refractivity contribution in [1.29, 1.82) is 0 Å². The average molecular weight is 382 g/mol. The number of methoxy groups -OCH3 is 1. The van der Waals surface area contributed by atoms with Crippen molar-refractivity contribution in [1.82, 2.24) is 9.88 Å². The van der Waals surface area contributed by atoms with Crippen molar-refractivity contribution in [2.45, 2.75) is 6.92 Å². The molecule has 1 aromatic heterocycles. The average Bonchev–Trinajstić information content (AvgIpc) is 2.73. The zero-order valence-corrected chi connectivity index (χ0v) is 15.8. The van der Waals surface area contributed by atoms with E-state index in [0.717, 1.165) is 18.8 Å². The van der Waals surface area contributed by atoms with E-state index in [-0.39, 0.29) is 17.2 Å². The molecule has 2 aromatic rings. The van der Waals surface area contributed by atoms with Gasteiger partial charge in [-0.1, -0.05) is 12.1 Å². The second kappa shape index (κ2) is 8.51. The third-order valence-electron chi connectivity index (χ3n) is 4.65. The highest BCUT2D eigenvalue weighted by molar-refractivity contribution is 6.07. The predicted molar refractivity (Wildman–Crippen MR) is 104 cm³/mol. The number of amides is 2. The topological polar surface area (TPSA) is 91.8 Å². The number of aromatic nitrogens is 1. The summed E-state index contributed by atoms with van der Waals surface area (Å²) in [7, 11) is 1.29. The van der Waals surface area contributed by atoms with E-state index in [4.69, 9.17) is 4.74 Å². The Morgan fingerprint density at radius 3 is 2.36 bits per heavy atom. The van der Waals surface area contributed by atoms with E-state index in [1.165, 1.54) is 7.11 Å². The summed E-state index contributed by atoms with van der Waals surface area (Å²) < 4.78 is 4.73. The first-order valence-corrected chi connectivity index (χ1v) is 8.95. The number of para-hydroxylation sites is 1. The van der Waals surface area contributed by atoms with Crippen LogP contribution in [0.4, 0.5) is 11.4 Å². The van der Waals surface area contributed by atoms with Gasteiger partial charge in [0.1, 0.15) is 5.69 Å². The highest BCUT2D eigenvalue weighted by Gasteiger charge is 2.20. The number of nitrogens with zero attached hydrogens (tertiary/aromatic N) is 3. The number of rotatable bonds is 4. The zero-order chi connectivity index (χ0) is 20.1. The second-order valence-corrected chi connectivity index (χ2v) is 6.39. The second-order valence-electron chi connectivity index (χ2n) is 6.39. The summed E-state index contributed by atoms with van der Waals surface area (Å²) in [5.74, 6) is -0.856. The number of benzene rings is 1. The number of esters is 1. The Hall–Kier alpha value is -3.42. The van der Waals surface area contributed by atoms with E-state index >= 15 is 0 Å². The van der Waals surface area contributed by atoms with Crippen LogP contribution in [0.3, 0.4) is 0 Å². The normalized spacial score (nSPS) is 13.8. The first-order valence-electron chi connectivity index (χ1n) is 8.95. The van der Waals surface area contributed by atoms with Gasteiger partial charge in [0.25, 0.3) is 5.91 Å². The summed E-state index contributed by atoms with van der Waals surface area (Å²) in [6.45, 7) is 4.35. The minimum Gasteiger partial charge on any atom is -0.465 e. The molecule has 1 aliphatic rings. The molecule has 146 valence electrons. The number of carbonyl (C=O) groups is 3.